The third kappa shape index (κ3) is 3.08. The number of nitrogens with one attached hydrogen (secondary N) is 1. The quantitative estimate of drug-likeness (QED) is 0.870. The number of carbonyl (C=O) groups excluding carboxylic acids is 1. The van der Waals surface area contributed by atoms with Crippen molar-refractivity contribution in [1.82, 2.24) is 0 Å². The molecule has 1 amide bonds. The summed E-state index contributed by atoms with van der Waals surface area (Å²) in [6.45, 7) is 1.86. The lowest BCUT2D eigenvalue weighted by atomic mass is 10.1. The molecule has 0 aromatic heterocycles. The van der Waals surface area contributed by atoms with Gasteiger partial charge in [-0.15, -0.1) is 0 Å². The number of rotatable bonds is 2. The van der Waals surface area contributed by atoms with Crippen molar-refractivity contribution in [2.45, 2.75) is 6.92 Å². The van der Waals surface area contributed by atoms with Gasteiger partial charge in [0.15, 0.2) is 0 Å². The number of anilines is 1. The minimum atomic E-state index is -0.341. The molecule has 2 aromatic carbocycles. The fourth-order valence-electron chi connectivity index (χ4n) is 1.60. The molecule has 0 saturated carbocycles. The second-order valence-corrected chi connectivity index (χ2v) is 4.41. The fraction of sp³-hybridized carbons (Fsp3) is 0.0714. The van der Waals surface area contributed by atoms with E-state index >= 15 is 0 Å². The molecule has 0 radical (unpaired) electrons. The third-order valence-electron chi connectivity index (χ3n) is 2.41. The minimum absolute atomic E-state index is 0.271. The van der Waals surface area contributed by atoms with Gasteiger partial charge in [-0.05, 0) is 55.0 Å². The van der Waals surface area contributed by atoms with Crippen LogP contribution in [0.25, 0.3) is 0 Å². The van der Waals surface area contributed by atoms with Crippen LogP contribution >= 0.6 is 11.6 Å². The SMILES string of the molecule is Cc1cc(Cl)cc(C(=O)Nc2ccc(F)cc2)c1. The molecule has 0 atom stereocenters. The van der Waals surface area contributed by atoms with Gasteiger partial charge >= 0.3 is 0 Å². The van der Waals surface area contributed by atoms with Crippen molar-refractivity contribution >= 4 is 23.2 Å². The summed E-state index contributed by atoms with van der Waals surface area (Å²) >= 11 is 5.89. The number of amides is 1. The largest absolute Gasteiger partial charge is 0.322 e. The lowest BCUT2D eigenvalue weighted by Gasteiger charge is -2.06. The summed E-state index contributed by atoms with van der Waals surface area (Å²) in [5.41, 5.74) is 1.93. The van der Waals surface area contributed by atoms with Crippen molar-refractivity contribution in [3.05, 3.63) is 64.4 Å². The molecule has 0 bridgehead atoms. The molecule has 18 heavy (non-hydrogen) atoms. The average Bonchev–Trinajstić information content (AvgIpc) is 2.31. The van der Waals surface area contributed by atoms with Crippen LogP contribution in [-0.4, -0.2) is 5.91 Å². The maximum atomic E-state index is 12.7. The molecule has 0 aliphatic rings. The van der Waals surface area contributed by atoms with E-state index in [2.05, 4.69) is 5.32 Å². The van der Waals surface area contributed by atoms with Crippen LogP contribution in [0.1, 0.15) is 15.9 Å². The summed E-state index contributed by atoms with van der Waals surface area (Å²) in [7, 11) is 0. The van der Waals surface area contributed by atoms with E-state index in [0.29, 0.717) is 16.3 Å². The van der Waals surface area contributed by atoms with Crippen molar-refractivity contribution in [1.29, 1.82) is 0 Å². The van der Waals surface area contributed by atoms with Crippen LogP contribution in [-0.2, 0) is 0 Å². The van der Waals surface area contributed by atoms with Gasteiger partial charge in [-0.1, -0.05) is 11.6 Å². The van der Waals surface area contributed by atoms with E-state index in [1.54, 1.807) is 18.2 Å². The van der Waals surface area contributed by atoms with Gasteiger partial charge in [-0.25, -0.2) is 4.39 Å². The second kappa shape index (κ2) is 5.19. The van der Waals surface area contributed by atoms with Crippen LogP contribution in [0.15, 0.2) is 42.5 Å². The Labute approximate surface area is 109 Å². The second-order valence-electron chi connectivity index (χ2n) is 3.98. The Morgan fingerprint density at radius 2 is 1.83 bits per heavy atom. The molecule has 0 saturated heterocycles. The van der Waals surface area contributed by atoms with Gasteiger partial charge in [0.1, 0.15) is 5.82 Å². The molecule has 0 unspecified atom stereocenters. The fourth-order valence-corrected chi connectivity index (χ4v) is 1.89. The lowest BCUT2D eigenvalue weighted by Crippen LogP contribution is -2.12. The topological polar surface area (TPSA) is 29.1 Å². The Morgan fingerprint density at radius 1 is 1.17 bits per heavy atom. The van der Waals surface area contributed by atoms with E-state index in [4.69, 9.17) is 11.6 Å². The lowest BCUT2D eigenvalue weighted by molar-refractivity contribution is 0.102. The molecule has 92 valence electrons. The van der Waals surface area contributed by atoms with E-state index in [9.17, 15) is 9.18 Å². The standard InChI is InChI=1S/C14H11ClFNO/c1-9-6-10(8-11(15)7-9)14(18)17-13-4-2-12(16)3-5-13/h2-8H,1H3,(H,17,18). The summed E-state index contributed by atoms with van der Waals surface area (Å²) in [4.78, 5) is 11.9. The highest BCUT2D eigenvalue weighted by molar-refractivity contribution is 6.31. The van der Waals surface area contributed by atoms with Gasteiger partial charge < -0.3 is 5.32 Å². The molecule has 0 heterocycles. The van der Waals surface area contributed by atoms with Crippen molar-refractivity contribution in [3.8, 4) is 0 Å². The number of halogens is 2. The van der Waals surface area contributed by atoms with E-state index in [1.165, 1.54) is 24.3 Å². The highest BCUT2D eigenvalue weighted by Crippen LogP contribution is 2.16. The number of hydrogen-bond donors (Lipinski definition) is 1. The van der Waals surface area contributed by atoms with Crippen LogP contribution in [0.4, 0.5) is 10.1 Å². The molecule has 0 aliphatic carbocycles. The molecular formula is C14H11ClFNO. The van der Waals surface area contributed by atoms with Gasteiger partial charge in [-0.2, -0.15) is 0 Å². The minimum Gasteiger partial charge on any atom is -0.322 e. The zero-order valence-electron chi connectivity index (χ0n) is 9.71. The van der Waals surface area contributed by atoms with E-state index in [1.807, 2.05) is 6.92 Å². The molecule has 2 aromatic rings. The molecule has 2 rings (SSSR count). The Balaban J connectivity index is 2.19. The van der Waals surface area contributed by atoms with Crippen LogP contribution in [0.3, 0.4) is 0 Å². The summed E-state index contributed by atoms with van der Waals surface area (Å²) in [5.74, 6) is -0.612. The molecule has 0 spiro atoms. The Kier molecular flexibility index (Phi) is 3.63. The molecule has 2 nitrogen and oxygen atoms in total. The number of hydrogen-bond acceptors (Lipinski definition) is 1. The molecular weight excluding hydrogens is 253 g/mol. The van der Waals surface area contributed by atoms with Gasteiger partial charge in [0, 0.05) is 16.3 Å². The van der Waals surface area contributed by atoms with Crippen LogP contribution in [0.2, 0.25) is 5.02 Å². The van der Waals surface area contributed by atoms with Crippen molar-refractivity contribution in [2.24, 2.45) is 0 Å². The van der Waals surface area contributed by atoms with Crippen molar-refractivity contribution in [3.63, 3.8) is 0 Å². The van der Waals surface area contributed by atoms with Gasteiger partial charge in [0.05, 0.1) is 0 Å². The smallest absolute Gasteiger partial charge is 0.255 e. The van der Waals surface area contributed by atoms with Gasteiger partial charge in [0.2, 0.25) is 0 Å². The van der Waals surface area contributed by atoms with E-state index in [-0.39, 0.29) is 11.7 Å². The zero-order chi connectivity index (χ0) is 13.1. The number of benzene rings is 2. The van der Waals surface area contributed by atoms with E-state index < -0.39 is 0 Å². The van der Waals surface area contributed by atoms with Crippen molar-refractivity contribution < 1.29 is 9.18 Å². The molecule has 4 heteroatoms. The molecule has 0 fully saturated rings. The third-order valence-corrected chi connectivity index (χ3v) is 2.62. The zero-order valence-corrected chi connectivity index (χ0v) is 10.5. The Hall–Kier alpha value is -1.87. The van der Waals surface area contributed by atoms with Gasteiger partial charge in [0.25, 0.3) is 5.91 Å². The monoisotopic (exact) mass is 263 g/mol. The van der Waals surface area contributed by atoms with Gasteiger partial charge in [-0.3, -0.25) is 4.79 Å². The predicted octanol–water partition coefficient (Wildman–Crippen LogP) is 4.04. The average molecular weight is 264 g/mol. The first-order chi connectivity index (χ1) is 8.54. The first-order valence-electron chi connectivity index (χ1n) is 5.39. The summed E-state index contributed by atoms with van der Waals surface area (Å²) in [5, 5.41) is 3.19. The molecule has 1 N–H and O–H groups in total. The number of aryl methyl sites for hydroxylation is 1. The molecule has 0 aliphatic heterocycles. The Bertz CT molecular complexity index is 561. The van der Waals surface area contributed by atoms with Crippen LogP contribution < -0.4 is 5.32 Å². The maximum Gasteiger partial charge on any atom is 0.255 e. The summed E-state index contributed by atoms with van der Waals surface area (Å²) in [6.07, 6.45) is 0. The highest BCUT2D eigenvalue weighted by atomic mass is 35.5. The number of carbonyl (C=O) groups is 1. The maximum absolute atomic E-state index is 12.7. The van der Waals surface area contributed by atoms with Crippen LogP contribution in [0.5, 0.6) is 0 Å². The normalized spacial score (nSPS) is 10.2. The summed E-state index contributed by atoms with van der Waals surface area (Å²) in [6, 6.07) is 10.7. The first-order valence-corrected chi connectivity index (χ1v) is 5.76. The summed E-state index contributed by atoms with van der Waals surface area (Å²) < 4.78 is 12.7. The first kappa shape index (κ1) is 12.6. The highest BCUT2D eigenvalue weighted by Gasteiger charge is 2.07. The Morgan fingerprint density at radius 3 is 2.44 bits per heavy atom. The van der Waals surface area contributed by atoms with Crippen molar-refractivity contribution in [2.75, 3.05) is 5.32 Å². The predicted molar refractivity (Wildman–Crippen MR) is 70.5 cm³/mol. The van der Waals surface area contributed by atoms with E-state index in [0.717, 1.165) is 5.56 Å². The van der Waals surface area contributed by atoms with Crippen LogP contribution in [0, 0.1) is 12.7 Å².